The van der Waals surface area contributed by atoms with Crippen molar-refractivity contribution in [2.24, 2.45) is 11.8 Å². The summed E-state index contributed by atoms with van der Waals surface area (Å²) in [5, 5.41) is 20.7. The lowest BCUT2D eigenvalue weighted by Gasteiger charge is -2.34. The van der Waals surface area contributed by atoms with Crippen LogP contribution in [0.4, 0.5) is 11.4 Å². The van der Waals surface area contributed by atoms with Gasteiger partial charge in [-0.3, -0.25) is 20.9 Å². The standard InChI is InChI=1S/C13H20N4O3/c1-9-7-16(5-4-13(9)18)8-10-2-3-11(15-14)12(6-10)17(19)20/h2-3,6,9,13,15,18H,4-5,7-8,14H2,1H3. The van der Waals surface area contributed by atoms with E-state index in [4.69, 9.17) is 5.84 Å². The van der Waals surface area contributed by atoms with Crippen molar-refractivity contribution in [1.82, 2.24) is 4.90 Å². The molecule has 4 N–H and O–H groups in total. The van der Waals surface area contributed by atoms with E-state index >= 15 is 0 Å². The molecule has 7 nitrogen and oxygen atoms in total. The van der Waals surface area contributed by atoms with Crippen LogP contribution in [0.3, 0.4) is 0 Å². The van der Waals surface area contributed by atoms with Crippen LogP contribution in [0.5, 0.6) is 0 Å². The third-order valence-corrected chi connectivity index (χ3v) is 3.76. The molecule has 2 unspecified atom stereocenters. The largest absolute Gasteiger partial charge is 0.393 e. The number of hydrazine groups is 1. The lowest BCUT2D eigenvalue weighted by molar-refractivity contribution is -0.384. The number of nitrogens with one attached hydrogen (secondary N) is 1. The Labute approximate surface area is 117 Å². The zero-order valence-corrected chi connectivity index (χ0v) is 11.5. The number of nitrogens with two attached hydrogens (primary N) is 1. The van der Waals surface area contributed by atoms with Crippen molar-refractivity contribution in [2.75, 3.05) is 18.5 Å². The first kappa shape index (κ1) is 14.7. The normalized spacial score (nSPS) is 23.6. The molecule has 1 saturated heterocycles. The van der Waals surface area contributed by atoms with Crippen LogP contribution in [0.25, 0.3) is 0 Å². The highest BCUT2D eigenvalue weighted by Crippen LogP contribution is 2.26. The van der Waals surface area contributed by atoms with E-state index in [0.717, 1.165) is 25.1 Å². The number of nitrogens with zero attached hydrogens (tertiary/aromatic N) is 2. The molecule has 0 bridgehead atoms. The van der Waals surface area contributed by atoms with Crippen LogP contribution in [0.2, 0.25) is 0 Å². The Kier molecular flexibility index (Phi) is 4.53. The Balaban J connectivity index is 2.10. The Morgan fingerprint density at radius 2 is 2.35 bits per heavy atom. The van der Waals surface area contributed by atoms with E-state index in [1.165, 1.54) is 0 Å². The number of rotatable bonds is 4. The van der Waals surface area contributed by atoms with Gasteiger partial charge >= 0.3 is 0 Å². The molecule has 0 radical (unpaired) electrons. The van der Waals surface area contributed by atoms with Crippen molar-refractivity contribution in [3.63, 3.8) is 0 Å². The fourth-order valence-electron chi connectivity index (χ4n) is 2.57. The summed E-state index contributed by atoms with van der Waals surface area (Å²) in [4.78, 5) is 12.7. The maximum absolute atomic E-state index is 11.0. The van der Waals surface area contributed by atoms with Gasteiger partial charge in [0.05, 0.1) is 11.0 Å². The average Bonchev–Trinajstić information content (AvgIpc) is 2.43. The molecule has 0 spiro atoms. The summed E-state index contributed by atoms with van der Waals surface area (Å²) in [6.07, 6.45) is 0.496. The van der Waals surface area contributed by atoms with E-state index in [2.05, 4.69) is 10.3 Å². The summed E-state index contributed by atoms with van der Waals surface area (Å²) in [5.41, 5.74) is 3.49. The smallest absolute Gasteiger partial charge is 0.293 e. The number of nitrogen functional groups attached to an aromatic ring is 1. The predicted octanol–water partition coefficient (Wildman–Crippen LogP) is 1.08. The van der Waals surface area contributed by atoms with Gasteiger partial charge in [-0.25, -0.2) is 0 Å². The minimum absolute atomic E-state index is 0.0184. The summed E-state index contributed by atoms with van der Waals surface area (Å²) >= 11 is 0. The number of hydrogen-bond acceptors (Lipinski definition) is 6. The van der Waals surface area contributed by atoms with Gasteiger partial charge < -0.3 is 10.5 Å². The van der Waals surface area contributed by atoms with Crippen LogP contribution < -0.4 is 11.3 Å². The molecule has 1 fully saturated rings. The Hall–Kier alpha value is -1.70. The molecule has 7 heteroatoms. The number of aliphatic hydroxyl groups excluding tert-OH is 1. The van der Waals surface area contributed by atoms with Gasteiger partial charge in [0.25, 0.3) is 5.69 Å². The number of anilines is 1. The van der Waals surface area contributed by atoms with E-state index in [0.29, 0.717) is 12.2 Å². The monoisotopic (exact) mass is 280 g/mol. The molecule has 1 aromatic carbocycles. The second kappa shape index (κ2) is 6.17. The van der Waals surface area contributed by atoms with Crippen molar-refractivity contribution in [3.8, 4) is 0 Å². The molecule has 110 valence electrons. The first-order chi connectivity index (χ1) is 9.51. The van der Waals surface area contributed by atoms with Crippen molar-refractivity contribution in [1.29, 1.82) is 0 Å². The summed E-state index contributed by atoms with van der Waals surface area (Å²) < 4.78 is 0. The summed E-state index contributed by atoms with van der Waals surface area (Å²) in [5.74, 6) is 5.49. The van der Waals surface area contributed by atoms with Crippen molar-refractivity contribution in [2.45, 2.75) is 26.0 Å². The number of hydrogen-bond donors (Lipinski definition) is 3. The van der Waals surface area contributed by atoms with Crippen LogP contribution in [0.1, 0.15) is 18.9 Å². The molecule has 20 heavy (non-hydrogen) atoms. The number of likely N-dealkylation sites (tertiary alicyclic amines) is 1. The number of piperidine rings is 1. The molecular weight excluding hydrogens is 260 g/mol. The molecule has 1 aliphatic heterocycles. The third-order valence-electron chi connectivity index (χ3n) is 3.76. The zero-order chi connectivity index (χ0) is 14.7. The highest BCUT2D eigenvalue weighted by molar-refractivity contribution is 5.61. The van der Waals surface area contributed by atoms with Crippen molar-refractivity contribution in [3.05, 3.63) is 33.9 Å². The van der Waals surface area contributed by atoms with E-state index in [1.807, 2.05) is 13.0 Å². The molecule has 0 amide bonds. The second-order valence-corrected chi connectivity index (χ2v) is 5.32. The van der Waals surface area contributed by atoms with E-state index < -0.39 is 4.92 Å². The van der Waals surface area contributed by atoms with Crippen LogP contribution in [0.15, 0.2) is 18.2 Å². The molecule has 2 atom stereocenters. The summed E-state index contributed by atoms with van der Waals surface area (Å²) in [6.45, 7) is 4.26. The third kappa shape index (κ3) is 3.24. The fourth-order valence-corrected chi connectivity index (χ4v) is 2.57. The van der Waals surface area contributed by atoms with Crippen LogP contribution in [0, 0.1) is 16.0 Å². The molecule has 1 aromatic rings. The van der Waals surface area contributed by atoms with Gasteiger partial charge in [-0.1, -0.05) is 13.0 Å². The molecule has 0 aliphatic carbocycles. The van der Waals surface area contributed by atoms with Gasteiger partial charge in [-0.05, 0) is 24.0 Å². The average molecular weight is 280 g/mol. The maximum Gasteiger partial charge on any atom is 0.293 e. The highest BCUT2D eigenvalue weighted by atomic mass is 16.6. The number of nitro groups is 1. The maximum atomic E-state index is 11.0. The van der Waals surface area contributed by atoms with Crippen molar-refractivity contribution < 1.29 is 10.0 Å². The summed E-state index contributed by atoms with van der Waals surface area (Å²) in [7, 11) is 0. The molecule has 1 aliphatic rings. The fraction of sp³-hybridized carbons (Fsp3) is 0.538. The molecule has 1 heterocycles. The number of benzene rings is 1. The lowest BCUT2D eigenvalue weighted by Crippen LogP contribution is -2.41. The van der Waals surface area contributed by atoms with E-state index in [9.17, 15) is 15.2 Å². The van der Waals surface area contributed by atoms with Gasteiger partial charge in [-0.2, -0.15) is 0 Å². The van der Waals surface area contributed by atoms with Gasteiger partial charge in [0.2, 0.25) is 0 Å². The predicted molar refractivity (Wildman–Crippen MR) is 76.0 cm³/mol. The minimum atomic E-state index is -0.443. The van der Waals surface area contributed by atoms with Gasteiger partial charge in [0.1, 0.15) is 5.69 Å². The SMILES string of the molecule is CC1CN(Cc2ccc(NN)c([N+](=O)[O-])c2)CCC1O. The molecule has 0 saturated carbocycles. The van der Waals surface area contributed by atoms with Crippen LogP contribution in [-0.2, 0) is 6.54 Å². The topological polar surface area (TPSA) is 105 Å². The first-order valence-electron chi connectivity index (χ1n) is 6.65. The Morgan fingerprint density at radius 1 is 1.60 bits per heavy atom. The zero-order valence-electron chi connectivity index (χ0n) is 11.5. The highest BCUT2D eigenvalue weighted by Gasteiger charge is 2.24. The first-order valence-corrected chi connectivity index (χ1v) is 6.65. The second-order valence-electron chi connectivity index (χ2n) is 5.32. The van der Waals surface area contributed by atoms with Gasteiger partial charge in [-0.15, -0.1) is 0 Å². The summed E-state index contributed by atoms with van der Waals surface area (Å²) in [6, 6.07) is 5.00. The quantitative estimate of drug-likeness (QED) is 0.433. The number of aliphatic hydroxyl groups is 1. The molecular formula is C13H20N4O3. The van der Waals surface area contributed by atoms with Gasteiger partial charge in [0.15, 0.2) is 0 Å². The Morgan fingerprint density at radius 3 is 2.95 bits per heavy atom. The molecule has 0 aromatic heterocycles. The van der Waals surface area contributed by atoms with E-state index in [1.54, 1.807) is 12.1 Å². The van der Waals surface area contributed by atoms with Gasteiger partial charge in [0, 0.05) is 25.7 Å². The minimum Gasteiger partial charge on any atom is -0.393 e. The Bertz CT molecular complexity index is 495. The van der Waals surface area contributed by atoms with E-state index in [-0.39, 0.29) is 17.7 Å². The van der Waals surface area contributed by atoms with Crippen LogP contribution in [-0.4, -0.2) is 34.1 Å². The number of nitro benzene ring substituents is 1. The van der Waals surface area contributed by atoms with Crippen molar-refractivity contribution >= 4 is 11.4 Å². The lowest BCUT2D eigenvalue weighted by atomic mass is 9.96. The van der Waals surface area contributed by atoms with Crippen LogP contribution >= 0.6 is 0 Å². The molecule has 2 rings (SSSR count).